The van der Waals surface area contributed by atoms with Crippen molar-refractivity contribution in [2.24, 2.45) is 5.92 Å². The number of ether oxygens (including phenoxy) is 1. The van der Waals surface area contributed by atoms with Gasteiger partial charge in [-0.2, -0.15) is 0 Å². The number of nitrogens with one attached hydrogen (secondary N) is 1. The molecule has 1 aromatic carbocycles. The van der Waals surface area contributed by atoms with Crippen molar-refractivity contribution in [1.82, 2.24) is 10.2 Å². The second-order valence-electron chi connectivity index (χ2n) is 7.21. The largest absolute Gasteiger partial charge is 0.378 e. The van der Waals surface area contributed by atoms with Gasteiger partial charge in [-0.25, -0.2) is 0 Å². The highest BCUT2D eigenvalue weighted by molar-refractivity contribution is 5.75. The smallest absolute Gasteiger partial charge is 0.220 e. The predicted molar refractivity (Wildman–Crippen MR) is 95.7 cm³/mol. The number of hydrogen-bond donors (Lipinski definition) is 1. The van der Waals surface area contributed by atoms with Crippen LogP contribution in [0.4, 0.5) is 0 Å². The van der Waals surface area contributed by atoms with Crippen LogP contribution in [-0.2, 0) is 16.1 Å². The van der Waals surface area contributed by atoms with E-state index in [0.29, 0.717) is 18.4 Å². The van der Waals surface area contributed by atoms with E-state index >= 15 is 0 Å². The summed E-state index contributed by atoms with van der Waals surface area (Å²) in [6.07, 6.45) is 6.49. The van der Waals surface area contributed by atoms with Crippen molar-refractivity contribution in [1.29, 1.82) is 0 Å². The number of amides is 1. The number of likely N-dealkylation sites (tertiary alicyclic amines) is 1. The maximum absolute atomic E-state index is 12.0. The van der Waals surface area contributed by atoms with Crippen LogP contribution < -0.4 is 5.32 Å². The Morgan fingerprint density at radius 2 is 2.08 bits per heavy atom. The van der Waals surface area contributed by atoms with Crippen molar-refractivity contribution in [2.45, 2.75) is 51.2 Å². The van der Waals surface area contributed by atoms with E-state index in [1.54, 1.807) is 0 Å². The average molecular weight is 330 g/mol. The maximum atomic E-state index is 12.0. The number of nitrogens with zero attached hydrogens (tertiary/aromatic N) is 1. The molecule has 0 spiro atoms. The lowest BCUT2D eigenvalue weighted by molar-refractivity contribution is -0.122. The zero-order chi connectivity index (χ0) is 16.6. The Labute approximate surface area is 145 Å². The summed E-state index contributed by atoms with van der Waals surface area (Å²) in [5, 5.41) is 3.14. The summed E-state index contributed by atoms with van der Waals surface area (Å²) in [6, 6.07) is 10.7. The Kier molecular flexibility index (Phi) is 6.67. The number of carbonyl (C=O) groups excluding carboxylic acids is 1. The van der Waals surface area contributed by atoms with Gasteiger partial charge >= 0.3 is 0 Å². The van der Waals surface area contributed by atoms with E-state index in [9.17, 15) is 4.79 Å². The summed E-state index contributed by atoms with van der Waals surface area (Å²) in [6.45, 7) is 4.95. The predicted octanol–water partition coefficient (Wildman–Crippen LogP) is 2.97. The molecule has 0 aliphatic carbocycles. The normalized spacial score (nSPS) is 24.8. The Hall–Kier alpha value is -1.39. The van der Waals surface area contributed by atoms with Crippen molar-refractivity contribution < 1.29 is 9.53 Å². The zero-order valence-corrected chi connectivity index (χ0v) is 14.6. The van der Waals surface area contributed by atoms with Gasteiger partial charge in [-0.1, -0.05) is 30.3 Å². The molecule has 2 aliphatic heterocycles. The van der Waals surface area contributed by atoms with Gasteiger partial charge in [0.05, 0.1) is 6.10 Å². The van der Waals surface area contributed by atoms with Crippen LogP contribution in [0, 0.1) is 5.92 Å². The van der Waals surface area contributed by atoms with Crippen molar-refractivity contribution in [3.8, 4) is 0 Å². The highest BCUT2D eigenvalue weighted by Crippen LogP contribution is 2.19. The summed E-state index contributed by atoms with van der Waals surface area (Å²) in [5.74, 6) is 0.764. The summed E-state index contributed by atoms with van der Waals surface area (Å²) >= 11 is 0. The Morgan fingerprint density at radius 1 is 1.21 bits per heavy atom. The quantitative estimate of drug-likeness (QED) is 0.836. The van der Waals surface area contributed by atoms with Gasteiger partial charge in [0.1, 0.15) is 0 Å². The van der Waals surface area contributed by atoms with Gasteiger partial charge in [-0.15, -0.1) is 0 Å². The molecule has 1 aromatic rings. The van der Waals surface area contributed by atoms with E-state index in [2.05, 4.69) is 40.5 Å². The van der Waals surface area contributed by atoms with Crippen LogP contribution in [0.5, 0.6) is 0 Å². The number of carbonyl (C=O) groups is 1. The molecule has 2 aliphatic rings. The molecule has 0 bridgehead atoms. The molecular weight excluding hydrogens is 300 g/mol. The van der Waals surface area contributed by atoms with E-state index in [1.807, 2.05) is 0 Å². The van der Waals surface area contributed by atoms with Crippen molar-refractivity contribution in [2.75, 3.05) is 26.2 Å². The fourth-order valence-electron chi connectivity index (χ4n) is 3.81. The topological polar surface area (TPSA) is 41.6 Å². The number of hydrogen-bond acceptors (Lipinski definition) is 3. The summed E-state index contributed by atoms with van der Waals surface area (Å²) < 4.78 is 5.58. The molecule has 132 valence electrons. The van der Waals surface area contributed by atoms with Gasteiger partial charge in [-0.3, -0.25) is 9.69 Å². The molecule has 2 unspecified atom stereocenters. The molecule has 4 nitrogen and oxygen atoms in total. The van der Waals surface area contributed by atoms with Gasteiger partial charge in [0, 0.05) is 32.7 Å². The van der Waals surface area contributed by atoms with Gasteiger partial charge in [0.25, 0.3) is 0 Å². The van der Waals surface area contributed by atoms with Crippen LogP contribution in [0.3, 0.4) is 0 Å². The van der Waals surface area contributed by atoms with Gasteiger partial charge in [0.2, 0.25) is 5.91 Å². The van der Waals surface area contributed by atoms with Crippen LogP contribution in [-0.4, -0.2) is 43.2 Å². The van der Waals surface area contributed by atoms with Crippen molar-refractivity contribution in [3.05, 3.63) is 35.9 Å². The lowest BCUT2D eigenvalue weighted by Crippen LogP contribution is -2.40. The summed E-state index contributed by atoms with van der Waals surface area (Å²) in [5.41, 5.74) is 1.37. The Bertz CT molecular complexity index is 500. The van der Waals surface area contributed by atoms with Gasteiger partial charge in [-0.05, 0) is 50.1 Å². The highest BCUT2D eigenvalue weighted by Gasteiger charge is 2.21. The minimum absolute atomic E-state index is 0.186. The van der Waals surface area contributed by atoms with E-state index in [0.717, 1.165) is 45.5 Å². The lowest BCUT2D eigenvalue weighted by Gasteiger charge is -2.32. The molecule has 4 heteroatoms. The summed E-state index contributed by atoms with van der Waals surface area (Å²) in [7, 11) is 0. The molecule has 0 radical (unpaired) electrons. The SMILES string of the molecule is O=C(CCC1CCCO1)NCC1CCCN(Cc2ccccc2)C1. The standard InChI is InChI=1S/C20H30N2O2/c23-20(11-10-19-9-5-13-24-19)21-14-18-8-4-12-22(16-18)15-17-6-2-1-3-7-17/h1-3,6-7,18-19H,4-5,8-16H2,(H,21,23). The maximum Gasteiger partial charge on any atom is 0.220 e. The minimum atomic E-state index is 0.186. The van der Waals surface area contributed by atoms with Gasteiger partial charge < -0.3 is 10.1 Å². The first-order valence-electron chi connectivity index (χ1n) is 9.44. The second-order valence-corrected chi connectivity index (χ2v) is 7.21. The molecule has 2 heterocycles. The van der Waals surface area contributed by atoms with Crippen LogP contribution in [0.15, 0.2) is 30.3 Å². The van der Waals surface area contributed by atoms with Crippen LogP contribution >= 0.6 is 0 Å². The second kappa shape index (κ2) is 9.19. The number of rotatable bonds is 7. The molecule has 2 fully saturated rings. The molecule has 1 N–H and O–H groups in total. The molecule has 1 amide bonds. The third kappa shape index (κ3) is 5.60. The highest BCUT2D eigenvalue weighted by atomic mass is 16.5. The van der Waals surface area contributed by atoms with E-state index < -0.39 is 0 Å². The Morgan fingerprint density at radius 3 is 2.88 bits per heavy atom. The molecule has 2 saturated heterocycles. The lowest BCUT2D eigenvalue weighted by atomic mass is 9.97. The third-order valence-corrected chi connectivity index (χ3v) is 5.16. The van der Waals surface area contributed by atoms with Crippen LogP contribution in [0.2, 0.25) is 0 Å². The molecule has 3 rings (SSSR count). The third-order valence-electron chi connectivity index (χ3n) is 5.16. The van der Waals surface area contributed by atoms with Gasteiger partial charge in [0.15, 0.2) is 0 Å². The summed E-state index contributed by atoms with van der Waals surface area (Å²) in [4.78, 5) is 14.6. The number of piperidine rings is 1. The molecule has 0 aromatic heterocycles. The molecular formula is C20H30N2O2. The first-order valence-corrected chi connectivity index (χ1v) is 9.44. The monoisotopic (exact) mass is 330 g/mol. The van der Waals surface area contributed by atoms with Crippen LogP contribution in [0.1, 0.15) is 44.1 Å². The minimum Gasteiger partial charge on any atom is -0.378 e. The molecule has 0 saturated carbocycles. The van der Waals surface area contributed by atoms with E-state index in [1.165, 1.54) is 24.9 Å². The van der Waals surface area contributed by atoms with Crippen molar-refractivity contribution >= 4 is 5.91 Å². The molecule has 24 heavy (non-hydrogen) atoms. The van der Waals surface area contributed by atoms with Crippen molar-refractivity contribution in [3.63, 3.8) is 0 Å². The van der Waals surface area contributed by atoms with Crippen LogP contribution in [0.25, 0.3) is 0 Å². The van der Waals surface area contributed by atoms with E-state index in [-0.39, 0.29) is 5.91 Å². The first kappa shape index (κ1) is 17.4. The fraction of sp³-hybridized carbons (Fsp3) is 0.650. The van der Waals surface area contributed by atoms with E-state index in [4.69, 9.17) is 4.74 Å². The Balaban J connectivity index is 1.35. The fourth-order valence-corrected chi connectivity index (χ4v) is 3.81. The zero-order valence-electron chi connectivity index (χ0n) is 14.6. The first-order chi connectivity index (χ1) is 11.8. The number of benzene rings is 1. The molecule has 2 atom stereocenters. The average Bonchev–Trinajstić information content (AvgIpc) is 3.13.